The van der Waals surface area contributed by atoms with Crippen LogP contribution in [-0.4, -0.2) is 18.1 Å². The van der Waals surface area contributed by atoms with Gasteiger partial charge in [-0.3, -0.25) is 0 Å². The number of hydrogen-bond acceptors (Lipinski definition) is 3. The highest BCUT2D eigenvalue weighted by atomic mass is 15.2. The SMILES string of the molecule is CCC1CCN(c2nc(C)cc(C)c2CN)C1. The van der Waals surface area contributed by atoms with E-state index in [0.29, 0.717) is 6.54 Å². The average molecular weight is 233 g/mol. The van der Waals surface area contributed by atoms with Gasteiger partial charge in [-0.15, -0.1) is 0 Å². The highest BCUT2D eigenvalue weighted by Gasteiger charge is 2.24. The number of hydrogen-bond donors (Lipinski definition) is 1. The molecule has 1 aliphatic heterocycles. The molecule has 1 unspecified atom stereocenters. The molecule has 0 aliphatic carbocycles. The van der Waals surface area contributed by atoms with Crippen molar-refractivity contribution in [2.45, 2.75) is 40.2 Å². The lowest BCUT2D eigenvalue weighted by Crippen LogP contribution is -2.24. The number of aromatic nitrogens is 1. The number of pyridine rings is 1. The Kier molecular flexibility index (Phi) is 3.67. The lowest BCUT2D eigenvalue weighted by molar-refractivity contribution is 0.568. The molecule has 1 saturated heterocycles. The summed E-state index contributed by atoms with van der Waals surface area (Å²) in [6, 6.07) is 2.12. The molecule has 0 amide bonds. The zero-order valence-corrected chi connectivity index (χ0v) is 11.2. The smallest absolute Gasteiger partial charge is 0.133 e. The van der Waals surface area contributed by atoms with Gasteiger partial charge in [0.2, 0.25) is 0 Å². The largest absolute Gasteiger partial charge is 0.356 e. The van der Waals surface area contributed by atoms with Gasteiger partial charge in [0.25, 0.3) is 0 Å². The van der Waals surface area contributed by atoms with Gasteiger partial charge >= 0.3 is 0 Å². The standard InChI is InChI=1S/C14H23N3/c1-4-12-5-6-17(9-12)14-13(8-15)10(2)7-11(3)16-14/h7,12H,4-6,8-9,15H2,1-3H3. The third-order valence-electron chi connectivity index (χ3n) is 3.82. The Morgan fingerprint density at radius 1 is 1.47 bits per heavy atom. The Bertz CT molecular complexity index is 401. The third kappa shape index (κ3) is 2.44. The van der Waals surface area contributed by atoms with Crippen LogP contribution in [0, 0.1) is 19.8 Å². The lowest BCUT2D eigenvalue weighted by Gasteiger charge is -2.22. The summed E-state index contributed by atoms with van der Waals surface area (Å²) in [6.07, 6.45) is 2.55. The normalized spacial score (nSPS) is 20.0. The first-order chi connectivity index (χ1) is 8.15. The Morgan fingerprint density at radius 3 is 2.82 bits per heavy atom. The molecule has 94 valence electrons. The fraction of sp³-hybridized carbons (Fsp3) is 0.643. The molecule has 0 radical (unpaired) electrons. The molecule has 0 saturated carbocycles. The minimum absolute atomic E-state index is 0.585. The highest BCUT2D eigenvalue weighted by molar-refractivity contribution is 5.52. The molecule has 2 heterocycles. The van der Waals surface area contributed by atoms with Gasteiger partial charge in [0.05, 0.1) is 0 Å². The van der Waals surface area contributed by atoms with Crippen LogP contribution < -0.4 is 10.6 Å². The molecule has 2 N–H and O–H groups in total. The summed E-state index contributed by atoms with van der Waals surface area (Å²) in [5.41, 5.74) is 9.45. The van der Waals surface area contributed by atoms with Gasteiger partial charge < -0.3 is 10.6 Å². The first-order valence-electron chi connectivity index (χ1n) is 6.57. The van der Waals surface area contributed by atoms with E-state index in [4.69, 9.17) is 10.7 Å². The van der Waals surface area contributed by atoms with E-state index in [-0.39, 0.29) is 0 Å². The Balaban J connectivity index is 2.31. The fourth-order valence-corrected chi connectivity index (χ4v) is 2.72. The van der Waals surface area contributed by atoms with Gasteiger partial charge in [0, 0.05) is 30.9 Å². The number of nitrogens with zero attached hydrogens (tertiary/aromatic N) is 2. The average Bonchev–Trinajstić information content (AvgIpc) is 2.76. The molecule has 17 heavy (non-hydrogen) atoms. The number of aryl methyl sites for hydroxylation is 2. The fourth-order valence-electron chi connectivity index (χ4n) is 2.72. The summed E-state index contributed by atoms with van der Waals surface area (Å²) < 4.78 is 0. The predicted molar refractivity (Wildman–Crippen MR) is 72.2 cm³/mol. The van der Waals surface area contributed by atoms with Gasteiger partial charge in [0.1, 0.15) is 5.82 Å². The van der Waals surface area contributed by atoms with Gasteiger partial charge in [-0.2, -0.15) is 0 Å². The topological polar surface area (TPSA) is 42.2 Å². The quantitative estimate of drug-likeness (QED) is 0.871. The summed E-state index contributed by atoms with van der Waals surface area (Å²) in [6.45, 7) is 9.31. The first kappa shape index (κ1) is 12.4. The summed E-state index contributed by atoms with van der Waals surface area (Å²) >= 11 is 0. The molecule has 3 nitrogen and oxygen atoms in total. The van der Waals surface area contributed by atoms with E-state index in [1.165, 1.54) is 24.0 Å². The molecular formula is C14H23N3. The predicted octanol–water partition coefficient (Wildman–Crippen LogP) is 2.39. The molecule has 1 atom stereocenters. The van der Waals surface area contributed by atoms with E-state index in [9.17, 15) is 0 Å². The summed E-state index contributed by atoms with van der Waals surface area (Å²) in [5, 5.41) is 0. The van der Waals surface area contributed by atoms with Crippen LogP contribution in [0.15, 0.2) is 6.07 Å². The van der Waals surface area contributed by atoms with Gasteiger partial charge in [-0.25, -0.2) is 4.98 Å². The third-order valence-corrected chi connectivity index (χ3v) is 3.82. The van der Waals surface area contributed by atoms with Crippen LogP contribution in [0.1, 0.15) is 36.6 Å². The summed E-state index contributed by atoms with van der Waals surface area (Å²) in [4.78, 5) is 7.11. The molecule has 1 fully saturated rings. The zero-order valence-electron chi connectivity index (χ0n) is 11.2. The molecule has 2 rings (SSSR count). The molecular weight excluding hydrogens is 210 g/mol. The maximum absolute atomic E-state index is 5.87. The van der Waals surface area contributed by atoms with Crippen molar-refractivity contribution in [3.05, 3.63) is 22.9 Å². The van der Waals surface area contributed by atoms with Gasteiger partial charge in [0.15, 0.2) is 0 Å². The Hall–Kier alpha value is -1.09. The van der Waals surface area contributed by atoms with Crippen LogP contribution in [-0.2, 0) is 6.54 Å². The minimum Gasteiger partial charge on any atom is -0.356 e. The number of rotatable bonds is 3. The van der Waals surface area contributed by atoms with Crippen LogP contribution in [0.4, 0.5) is 5.82 Å². The van der Waals surface area contributed by atoms with E-state index >= 15 is 0 Å². The molecule has 1 aliphatic rings. The highest BCUT2D eigenvalue weighted by Crippen LogP contribution is 2.28. The second kappa shape index (κ2) is 5.05. The minimum atomic E-state index is 0.585. The first-order valence-corrected chi connectivity index (χ1v) is 6.57. The van der Waals surface area contributed by atoms with Crippen LogP contribution in [0.25, 0.3) is 0 Å². The lowest BCUT2D eigenvalue weighted by atomic mass is 10.1. The Labute approximate surface area is 104 Å². The van der Waals surface area contributed by atoms with E-state index < -0.39 is 0 Å². The second-order valence-corrected chi connectivity index (χ2v) is 5.10. The molecule has 0 spiro atoms. The van der Waals surface area contributed by atoms with Crippen molar-refractivity contribution >= 4 is 5.82 Å². The van der Waals surface area contributed by atoms with Crippen molar-refractivity contribution in [1.82, 2.24) is 4.98 Å². The number of anilines is 1. The van der Waals surface area contributed by atoms with Crippen molar-refractivity contribution in [3.8, 4) is 0 Å². The van der Waals surface area contributed by atoms with Crippen molar-refractivity contribution in [2.24, 2.45) is 11.7 Å². The molecule has 1 aromatic heterocycles. The van der Waals surface area contributed by atoms with Crippen LogP contribution in [0.5, 0.6) is 0 Å². The Morgan fingerprint density at radius 2 is 2.24 bits per heavy atom. The van der Waals surface area contributed by atoms with E-state index in [0.717, 1.165) is 30.5 Å². The van der Waals surface area contributed by atoms with Crippen LogP contribution in [0.2, 0.25) is 0 Å². The van der Waals surface area contributed by atoms with Crippen LogP contribution >= 0.6 is 0 Å². The summed E-state index contributed by atoms with van der Waals surface area (Å²) in [7, 11) is 0. The summed E-state index contributed by atoms with van der Waals surface area (Å²) in [5.74, 6) is 1.95. The van der Waals surface area contributed by atoms with Crippen LogP contribution in [0.3, 0.4) is 0 Å². The monoisotopic (exact) mass is 233 g/mol. The van der Waals surface area contributed by atoms with E-state index in [1.54, 1.807) is 0 Å². The maximum atomic E-state index is 5.87. The van der Waals surface area contributed by atoms with Crippen molar-refractivity contribution in [3.63, 3.8) is 0 Å². The molecule has 0 bridgehead atoms. The molecule has 3 heteroatoms. The van der Waals surface area contributed by atoms with Crippen molar-refractivity contribution in [1.29, 1.82) is 0 Å². The van der Waals surface area contributed by atoms with Gasteiger partial charge in [-0.1, -0.05) is 13.3 Å². The molecule has 1 aromatic rings. The zero-order chi connectivity index (χ0) is 12.4. The maximum Gasteiger partial charge on any atom is 0.133 e. The number of nitrogens with two attached hydrogens (primary N) is 1. The van der Waals surface area contributed by atoms with E-state index in [1.807, 2.05) is 0 Å². The van der Waals surface area contributed by atoms with Crippen molar-refractivity contribution < 1.29 is 0 Å². The molecule has 0 aromatic carbocycles. The van der Waals surface area contributed by atoms with Crippen molar-refractivity contribution in [2.75, 3.05) is 18.0 Å². The van der Waals surface area contributed by atoms with E-state index in [2.05, 4.69) is 31.7 Å². The van der Waals surface area contributed by atoms with Gasteiger partial charge in [-0.05, 0) is 37.8 Å². The second-order valence-electron chi connectivity index (χ2n) is 5.10.